The highest BCUT2D eigenvalue weighted by Crippen LogP contribution is 2.15. The van der Waals surface area contributed by atoms with E-state index in [1.807, 2.05) is 0 Å². The normalized spacial score (nSPS) is 12.5. The summed E-state index contributed by atoms with van der Waals surface area (Å²) in [7, 11) is 0. The molecule has 0 heterocycles. The van der Waals surface area contributed by atoms with Crippen LogP contribution in [-0.4, -0.2) is 37.2 Å². The Kier molecular flexibility index (Phi) is 45.4. The molecule has 0 spiro atoms. The maximum atomic E-state index is 12.7. The van der Waals surface area contributed by atoms with Crippen LogP contribution in [0.3, 0.4) is 0 Å². The van der Waals surface area contributed by atoms with Crippen molar-refractivity contribution in [2.75, 3.05) is 13.2 Å². The molecule has 0 radical (unpaired) electrons. The van der Waals surface area contributed by atoms with Crippen molar-refractivity contribution in [2.45, 2.75) is 245 Å². The molecule has 0 aromatic heterocycles. The summed E-state index contributed by atoms with van der Waals surface area (Å²) < 4.78 is 16.6. The summed E-state index contributed by atoms with van der Waals surface area (Å²) in [6.07, 6.45) is 58.1. The Morgan fingerprint density at radius 2 is 0.661 bits per heavy atom. The monoisotopic (exact) mass is 825 g/mol. The van der Waals surface area contributed by atoms with Gasteiger partial charge in [0.2, 0.25) is 0 Å². The lowest BCUT2D eigenvalue weighted by Crippen LogP contribution is -2.30. The number of carbonyl (C=O) groups excluding carboxylic acids is 3. The highest BCUT2D eigenvalue weighted by Gasteiger charge is 2.19. The van der Waals surface area contributed by atoms with Crippen LogP contribution in [0.4, 0.5) is 0 Å². The fourth-order valence-electron chi connectivity index (χ4n) is 6.82. The van der Waals surface area contributed by atoms with Gasteiger partial charge in [0.25, 0.3) is 0 Å². The van der Waals surface area contributed by atoms with Crippen LogP contribution in [0.5, 0.6) is 0 Å². The molecule has 0 aromatic rings. The molecule has 340 valence electrons. The second kappa shape index (κ2) is 47.8. The van der Waals surface area contributed by atoms with Crippen LogP contribution in [0.1, 0.15) is 239 Å². The molecule has 0 amide bonds. The zero-order chi connectivity index (χ0) is 43.0. The molecule has 0 N–H and O–H groups in total. The third kappa shape index (κ3) is 46.0. The molecule has 0 saturated heterocycles. The molecule has 0 bridgehead atoms. The van der Waals surface area contributed by atoms with Crippen molar-refractivity contribution in [1.29, 1.82) is 0 Å². The first-order valence-electron chi connectivity index (χ1n) is 24.8. The number of esters is 3. The van der Waals surface area contributed by atoms with Crippen LogP contribution in [0.15, 0.2) is 60.8 Å². The number of allylic oxidation sites excluding steroid dienone is 10. The van der Waals surface area contributed by atoms with Gasteiger partial charge in [0.1, 0.15) is 13.2 Å². The molecule has 1 atom stereocenters. The van der Waals surface area contributed by atoms with Gasteiger partial charge >= 0.3 is 17.9 Å². The van der Waals surface area contributed by atoms with Gasteiger partial charge in [-0.2, -0.15) is 0 Å². The summed E-state index contributed by atoms with van der Waals surface area (Å²) in [6.45, 7) is 6.42. The van der Waals surface area contributed by atoms with Gasteiger partial charge in [-0.15, -0.1) is 0 Å². The Morgan fingerprint density at radius 1 is 0.356 bits per heavy atom. The van der Waals surface area contributed by atoms with E-state index in [1.54, 1.807) is 0 Å². The first-order valence-corrected chi connectivity index (χ1v) is 24.8. The second-order valence-electron chi connectivity index (χ2n) is 16.4. The van der Waals surface area contributed by atoms with Crippen molar-refractivity contribution in [3.8, 4) is 0 Å². The maximum absolute atomic E-state index is 12.7. The summed E-state index contributed by atoms with van der Waals surface area (Å²) >= 11 is 0. The fraction of sp³-hybridized carbons (Fsp3) is 0.755. The van der Waals surface area contributed by atoms with Crippen LogP contribution in [-0.2, 0) is 28.6 Å². The molecular formula is C53H92O6. The van der Waals surface area contributed by atoms with Crippen molar-refractivity contribution >= 4 is 17.9 Å². The zero-order valence-corrected chi connectivity index (χ0v) is 38.8. The summed E-state index contributed by atoms with van der Waals surface area (Å²) in [6, 6.07) is 0. The van der Waals surface area contributed by atoms with Gasteiger partial charge in [0, 0.05) is 19.3 Å². The number of ether oxygens (including phenoxy) is 3. The molecular weight excluding hydrogens is 733 g/mol. The molecule has 59 heavy (non-hydrogen) atoms. The van der Waals surface area contributed by atoms with E-state index in [2.05, 4.69) is 81.5 Å². The molecule has 0 aliphatic rings. The molecule has 0 rings (SSSR count). The first kappa shape index (κ1) is 56.1. The summed E-state index contributed by atoms with van der Waals surface area (Å²) in [4.78, 5) is 37.6. The van der Waals surface area contributed by atoms with Gasteiger partial charge in [0.15, 0.2) is 6.10 Å². The minimum absolute atomic E-state index is 0.0842. The van der Waals surface area contributed by atoms with Crippen LogP contribution < -0.4 is 0 Å². The molecule has 6 nitrogen and oxygen atoms in total. The Balaban J connectivity index is 4.23. The molecule has 6 heteroatoms. The zero-order valence-electron chi connectivity index (χ0n) is 38.8. The second-order valence-corrected chi connectivity index (χ2v) is 16.4. The van der Waals surface area contributed by atoms with E-state index in [0.717, 1.165) is 103 Å². The number of hydrogen-bond donors (Lipinski definition) is 0. The topological polar surface area (TPSA) is 78.9 Å². The first-order chi connectivity index (χ1) is 29.0. The highest BCUT2D eigenvalue weighted by atomic mass is 16.6. The van der Waals surface area contributed by atoms with Gasteiger partial charge in [0.05, 0.1) is 0 Å². The highest BCUT2D eigenvalue weighted by molar-refractivity contribution is 5.71. The van der Waals surface area contributed by atoms with Gasteiger partial charge in [-0.3, -0.25) is 14.4 Å². The van der Waals surface area contributed by atoms with E-state index in [0.29, 0.717) is 19.3 Å². The van der Waals surface area contributed by atoms with Gasteiger partial charge in [-0.25, -0.2) is 0 Å². The predicted octanol–water partition coefficient (Wildman–Crippen LogP) is 16.1. The molecule has 0 aliphatic heterocycles. The minimum atomic E-state index is -0.781. The van der Waals surface area contributed by atoms with Gasteiger partial charge in [-0.05, 0) is 64.2 Å². The van der Waals surface area contributed by atoms with Crippen LogP contribution >= 0.6 is 0 Å². The number of rotatable bonds is 44. The number of carbonyl (C=O) groups is 3. The largest absolute Gasteiger partial charge is 0.462 e. The summed E-state index contributed by atoms with van der Waals surface area (Å²) in [5.74, 6) is -0.927. The average molecular weight is 825 g/mol. The SMILES string of the molecule is CC/C=C\C/C=C\C/C=C\C/C=C\C/C=C\CCCCCC(=O)OCC(COC(=O)CCCCCCC)OC(=O)CCCCCCCCCCCCCCCCCCC. The van der Waals surface area contributed by atoms with Crippen molar-refractivity contribution in [3.05, 3.63) is 60.8 Å². The van der Waals surface area contributed by atoms with E-state index in [9.17, 15) is 14.4 Å². The van der Waals surface area contributed by atoms with E-state index >= 15 is 0 Å². The predicted molar refractivity (Wildman–Crippen MR) is 251 cm³/mol. The lowest BCUT2D eigenvalue weighted by atomic mass is 10.0. The lowest BCUT2D eigenvalue weighted by Gasteiger charge is -2.18. The Bertz CT molecular complexity index is 1090. The summed E-state index contributed by atoms with van der Waals surface area (Å²) in [5.41, 5.74) is 0. The Labute approximate surface area is 364 Å². The Hall–Kier alpha value is -2.89. The number of hydrogen-bond acceptors (Lipinski definition) is 6. The molecule has 0 aromatic carbocycles. The van der Waals surface area contributed by atoms with Gasteiger partial charge in [-0.1, -0.05) is 216 Å². The minimum Gasteiger partial charge on any atom is -0.462 e. The van der Waals surface area contributed by atoms with Gasteiger partial charge < -0.3 is 14.2 Å². The lowest BCUT2D eigenvalue weighted by molar-refractivity contribution is -0.167. The standard InChI is InChI=1S/C53H92O6/c1-4-7-10-13-15-17-19-21-23-25-26-28-29-31-33-35-37-40-43-46-52(55)58-49-50(48-57-51(54)45-42-39-12-9-6-3)59-53(56)47-44-41-38-36-34-32-30-27-24-22-20-18-16-14-11-8-5-2/h7,10,15,17,21,23,26,28,31,33,50H,4-6,8-9,11-14,16,18-20,22,24-25,27,29-30,32,34-49H2,1-3H3/b10-7-,17-15-,23-21-,28-26-,33-31-. The van der Waals surface area contributed by atoms with Crippen molar-refractivity contribution < 1.29 is 28.6 Å². The van der Waals surface area contributed by atoms with Crippen LogP contribution in [0.2, 0.25) is 0 Å². The van der Waals surface area contributed by atoms with Crippen molar-refractivity contribution in [2.24, 2.45) is 0 Å². The average Bonchev–Trinajstić information content (AvgIpc) is 3.23. The smallest absolute Gasteiger partial charge is 0.306 e. The van der Waals surface area contributed by atoms with Crippen molar-refractivity contribution in [1.82, 2.24) is 0 Å². The molecule has 0 fully saturated rings. The van der Waals surface area contributed by atoms with E-state index in [1.165, 1.54) is 96.3 Å². The van der Waals surface area contributed by atoms with E-state index in [4.69, 9.17) is 14.2 Å². The third-order valence-corrected chi connectivity index (χ3v) is 10.5. The third-order valence-electron chi connectivity index (χ3n) is 10.5. The quantitative estimate of drug-likeness (QED) is 0.0263. The van der Waals surface area contributed by atoms with Crippen LogP contribution in [0, 0.1) is 0 Å². The number of unbranched alkanes of at least 4 members (excludes halogenated alkanes) is 23. The van der Waals surface area contributed by atoms with E-state index in [-0.39, 0.29) is 31.1 Å². The Morgan fingerprint density at radius 3 is 1.03 bits per heavy atom. The molecule has 0 aliphatic carbocycles. The van der Waals surface area contributed by atoms with Crippen LogP contribution in [0.25, 0.3) is 0 Å². The molecule has 1 unspecified atom stereocenters. The molecule has 0 saturated carbocycles. The fourth-order valence-corrected chi connectivity index (χ4v) is 6.82. The summed E-state index contributed by atoms with van der Waals surface area (Å²) in [5, 5.41) is 0. The van der Waals surface area contributed by atoms with E-state index < -0.39 is 6.10 Å². The maximum Gasteiger partial charge on any atom is 0.306 e. The van der Waals surface area contributed by atoms with Crippen molar-refractivity contribution in [3.63, 3.8) is 0 Å².